The van der Waals surface area contributed by atoms with Gasteiger partial charge in [-0.25, -0.2) is 0 Å². The van der Waals surface area contributed by atoms with Crippen LogP contribution in [0.2, 0.25) is 0 Å². The molecule has 2 atom stereocenters. The molecule has 1 aliphatic carbocycles. The number of anilines is 2. The van der Waals surface area contributed by atoms with Gasteiger partial charge in [0.1, 0.15) is 0 Å². The molecule has 0 unspecified atom stereocenters. The van der Waals surface area contributed by atoms with Crippen molar-refractivity contribution in [2.24, 2.45) is 11.8 Å². The van der Waals surface area contributed by atoms with Gasteiger partial charge in [0.25, 0.3) is 5.91 Å². The minimum Gasteiger partial charge on any atom is -0.456 e. The van der Waals surface area contributed by atoms with Crippen molar-refractivity contribution >= 4 is 41.0 Å². The molecule has 1 saturated heterocycles. The molecule has 1 aromatic rings. The molecule has 9 nitrogen and oxygen atoms in total. The fourth-order valence-corrected chi connectivity index (χ4v) is 3.91. The normalized spacial score (nSPS) is 20.5. The van der Waals surface area contributed by atoms with Crippen LogP contribution in [-0.4, -0.2) is 47.6 Å². The highest BCUT2D eigenvalue weighted by molar-refractivity contribution is 6.05. The zero-order valence-electron chi connectivity index (χ0n) is 16.8. The van der Waals surface area contributed by atoms with E-state index in [4.69, 9.17) is 4.74 Å². The molecule has 2 N–H and O–H groups in total. The Morgan fingerprint density at radius 1 is 0.967 bits per heavy atom. The summed E-state index contributed by atoms with van der Waals surface area (Å²) in [5.41, 5.74) is 1.08. The van der Waals surface area contributed by atoms with Gasteiger partial charge in [0.05, 0.1) is 18.3 Å². The first kappa shape index (κ1) is 21.5. The van der Waals surface area contributed by atoms with Crippen molar-refractivity contribution in [3.05, 3.63) is 24.3 Å². The number of hydrogen-bond acceptors (Lipinski definition) is 6. The topological polar surface area (TPSA) is 122 Å². The number of fused-ring (bicyclic) bond motifs is 1. The predicted octanol–water partition coefficient (Wildman–Crippen LogP) is 1.69. The van der Waals surface area contributed by atoms with Crippen molar-refractivity contribution in [3.63, 3.8) is 0 Å². The number of rotatable bonds is 7. The first-order chi connectivity index (χ1) is 14.3. The van der Waals surface area contributed by atoms with Gasteiger partial charge in [0.2, 0.25) is 17.7 Å². The van der Waals surface area contributed by atoms with Crippen molar-refractivity contribution in [1.29, 1.82) is 0 Å². The number of esters is 1. The molecule has 0 bridgehead atoms. The third-order valence-corrected chi connectivity index (χ3v) is 5.33. The van der Waals surface area contributed by atoms with Crippen molar-refractivity contribution in [2.75, 3.05) is 23.8 Å². The number of carbonyl (C=O) groups excluding carboxylic acids is 5. The molecular weight excluding hydrogens is 390 g/mol. The molecule has 9 heteroatoms. The fourth-order valence-electron chi connectivity index (χ4n) is 3.91. The number of hydrogen-bond donors (Lipinski definition) is 2. The van der Waals surface area contributed by atoms with Crippen molar-refractivity contribution in [2.45, 2.75) is 39.0 Å². The summed E-state index contributed by atoms with van der Waals surface area (Å²) in [6.45, 7) is 0.905. The molecule has 4 amide bonds. The Hall–Kier alpha value is -3.23. The van der Waals surface area contributed by atoms with Crippen LogP contribution in [0.3, 0.4) is 0 Å². The maximum Gasteiger partial charge on any atom is 0.308 e. The smallest absolute Gasteiger partial charge is 0.308 e. The molecule has 1 heterocycles. The molecule has 1 aromatic carbocycles. The summed E-state index contributed by atoms with van der Waals surface area (Å²) in [5.74, 6) is -2.25. The number of imide groups is 1. The second kappa shape index (κ2) is 9.51. The molecule has 0 radical (unpaired) electrons. The number of nitrogens with zero attached hydrogens (tertiary/aromatic N) is 1. The first-order valence-corrected chi connectivity index (χ1v) is 10.0. The average molecular weight is 415 g/mol. The average Bonchev–Trinajstić information content (AvgIpc) is 2.96. The van der Waals surface area contributed by atoms with Gasteiger partial charge in [-0.15, -0.1) is 0 Å². The molecule has 2 fully saturated rings. The van der Waals surface area contributed by atoms with Crippen LogP contribution in [0.4, 0.5) is 11.4 Å². The minimum absolute atomic E-state index is 0.0181. The Balaban J connectivity index is 1.40. The summed E-state index contributed by atoms with van der Waals surface area (Å²) in [4.78, 5) is 60.8. The summed E-state index contributed by atoms with van der Waals surface area (Å²) in [5, 5.41) is 5.19. The molecular formula is C21H25N3O6. The maximum absolute atomic E-state index is 12.4. The summed E-state index contributed by atoms with van der Waals surface area (Å²) in [6, 6.07) is 6.47. The Morgan fingerprint density at radius 3 is 2.03 bits per heavy atom. The van der Waals surface area contributed by atoms with Crippen LogP contribution < -0.4 is 10.6 Å². The summed E-state index contributed by atoms with van der Waals surface area (Å²) in [7, 11) is 0. The van der Waals surface area contributed by atoms with Gasteiger partial charge in [-0.2, -0.15) is 0 Å². The molecule has 30 heavy (non-hydrogen) atoms. The highest BCUT2D eigenvalue weighted by Gasteiger charge is 2.47. The molecule has 3 rings (SSSR count). The van der Waals surface area contributed by atoms with Crippen LogP contribution in [0.5, 0.6) is 0 Å². The van der Waals surface area contributed by atoms with Crippen LogP contribution in [0.1, 0.15) is 39.0 Å². The molecule has 160 valence electrons. The van der Waals surface area contributed by atoms with Crippen molar-refractivity contribution < 1.29 is 28.7 Å². The van der Waals surface area contributed by atoms with Gasteiger partial charge >= 0.3 is 5.97 Å². The van der Waals surface area contributed by atoms with Gasteiger partial charge in [-0.1, -0.05) is 12.8 Å². The molecule has 0 aromatic heterocycles. The standard InChI is InChI=1S/C21H25N3O6/c1-13(25)22-14-6-8-15(9-7-14)23-18(26)12-30-19(27)10-11-24-20(28)16-4-2-3-5-17(16)21(24)29/h6-9,16-17H,2-5,10-12H2,1H3,(H,22,25)(H,23,26)/t16-,17+. The van der Waals surface area contributed by atoms with Crippen LogP contribution in [0.25, 0.3) is 0 Å². The van der Waals surface area contributed by atoms with Gasteiger partial charge in [-0.05, 0) is 37.1 Å². The van der Waals surface area contributed by atoms with Crippen LogP contribution in [-0.2, 0) is 28.7 Å². The lowest BCUT2D eigenvalue weighted by Crippen LogP contribution is -2.33. The molecule has 2 aliphatic rings. The largest absolute Gasteiger partial charge is 0.456 e. The number of likely N-dealkylation sites (tertiary alicyclic amines) is 1. The summed E-state index contributed by atoms with van der Waals surface area (Å²) < 4.78 is 4.94. The van der Waals surface area contributed by atoms with Crippen molar-refractivity contribution in [3.8, 4) is 0 Å². The van der Waals surface area contributed by atoms with Gasteiger partial charge in [0.15, 0.2) is 6.61 Å². The van der Waals surface area contributed by atoms with E-state index in [0.29, 0.717) is 11.4 Å². The number of nitrogens with one attached hydrogen (secondary N) is 2. The second-order valence-corrected chi connectivity index (χ2v) is 7.54. The number of amides is 4. The van der Waals surface area contributed by atoms with Gasteiger partial charge in [0, 0.05) is 24.8 Å². The van der Waals surface area contributed by atoms with E-state index in [1.807, 2.05) is 0 Å². The quantitative estimate of drug-likeness (QED) is 0.516. The van der Waals surface area contributed by atoms with Crippen molar-refractivity contribution in [1.82, 2.24) is 4.90 Å². The Bertz CT molecular complexity index is 827. The number of benzene rings is 1. The van der Waals surface area contributed by atoms with Crippen LogP contribution in [0.15, 0.2) is 24.3 Å². The van der Waals surface area contributed by atoms with Gasteiger partial charge in [-0.3, -0.25) is 28.9 Å². The summed E-state index contributed by atoms with van der Waals surface area (Å²) in [6.07, 6.45) is 3.20. The van der Waals surface area contributed by atoms with E-state index in [2.05, 4.69) is 10.6 Å². The highest BCUT2D eigenvalue weighted by Crippen LogP contribution is 2.37. The summed E-state index contributed by atoms with van der Waals surface area (Å²) >= 11 is 0. The molecule has 1 saturated carbocycles. The van der Waals surface area contributed by atoms with E-state index in [9.17, 15) is 24.0 Å². The molecule has 0 spiro atoms. The van der Waals surface area contributed by atoms with E-state index in [1.165, 1.54) is 11.8 Å². The SMILES string of the molecule is CC(=O)Nc1ccc(NC(=O)COC(=O)CCN2C(=O)[C@H]3CCCC[C@H]3C2=O)cc1. The third kappa shape index (κ3) is 5.22. The lowest BCUT2D eigenvalue weighted by molar-refractivity contribution is -0.148. The Morgan fingerprint density at radius 2 is 1.50 bits per heavy atom. The van der Waals surface area contributed by atoms with E-state index in [1.54, 1.807) is 24.3 Å². The van der Waals surface area contributed by atoms with E-state index in [-0.39, 0.29) is 42.5 Å². The molecule has 1 aliphatic heterocycles. The fraction of sp³-hybridized carbons (Fsp3) is 0.476. The zero-order chi connectivity index (χ0) is 21.7. The van der Waals surface area contributed by atoms with Crippen LogP contribution in [0, 0.1) is 11.8 Å². The number of carbonyl (C=O) groups is 5. The van der Waals surface area contributed by atoms with E-state index in [0.717, 1.165) is 25.7 Å². The monoisotopic (exact) mass is 415 g/mol. The lowest BCUT2D eigenvalue weighted by atomic mass is 9.81. The zero-order valence-corrected chi connectivity index (χ0v) is 16.8. The Kier molecular flexibility index (Phi) is 6.81. The Labute approximate surface area is 174 Å². The van der Waals surface area contributed by atoms with E-state index < -0.39 is 18.5 Å². The van der Waals surface area contributed by atoms with E-state index >= 15 is 0 Å². The highest BCUT2D eigenvalue weighted by atomic mass is 16.5. The maximum atomic E-state index is 12.4. The predicted molar refractivity (Wildman–Crippen MR) is 107 cm³/mol. The lowest BCUT2D eigenvalue weighted by Gasteiger charge is -2.19. The van der Waals surface area contributed by atoms with Crippen LogP contribution >= 0.6 is 0 Å². The number of ether oxygens (including phenoxy) is 1. The second-order valence-electron chi connectivity index (χ2n) is 7.54. The first-order valence-electron chi connectivity index (χ1n) is 10.0. The third-order valence-electron chi connectivity index (χ3n) is 5.33. The minimum atomic E-state index is -0.651. The van der Waals surface area contributed by atoms with Gasteiger partial charge < -0.3 is 15.4 Å².